The van der Waals surface area contributed by atoms with Crippen LogP contribution in [-0.4, -0.2) is 62.7 Å². The normalized spacial score (nSPS) is 21.4. The van der Waals surface area contributed by atoms with Gasteiger partial charge in [-0.25, -0.2) is 0 Å². The predicted molar refractivity (Wildman–Crippen MR) is 61.7 cm³/mol. The van der Waals surface area contributed by atoms with Crippen LogP contribution in [0, 0.1) is 0 Å². The van der Waals surface area contributed by atoms with Gasteiger partial charge in [-0.1, -0.05) is 6.92 Å². The molecular formula is C11H25N3. The number of hydrogen-bond acceptors (Lipinski definition) is 3. The molecule has 1 atom stereocenters. The van der Waals surface area contributed by atoms with Crippen LogP contribution in [0.5, 0.6) is 0 Å². The van der Waals surface area contributed by atoms with E-state index in [9.17, 15) is 0 Å². The van der Waals surface area contributed by atoms with Crippen molar-refractivity contribution in [1.29, 1.82) is 0 Å². The van der Waals surface area contributed by atoms with E-state index >= 15 is 0 Å². The molecule has 1 saturated heterocycles. The third kappa shape index (κ3) is 3.95. The van der Waals surface area contributed by atoms with Crippen molar-refractivity contribution in [3.05, 3.63) is 0 Å². The van der Waals surface area contributed by atoms with Gasteiger partial charge < -0.3 is 10.2 Å². The first kappa shape index (κ1) is 12.0. The monoisotopic (exact) mass is 199 g/mol. The van der Waals surface area contributed by atoms with Crippen molar-refractivity contribution in [1.82, 2.24) is 15.1 Å². The highest BCUT2D eigenvalue weighted by atomic mass is 15.2. The summed E-state index contributed by atoms with van der Waals surface area (Å²) in [6, 6.07) is 0.791. The summed E-state index contributed by atoms with van der Waals surface area (Å²) >= 11 is 0. The van der Waals surface area contributed by atoms with E-state index in [4.69, 9.17) is 0 Å². The number of piperazine rings is 1. The zero-order valence-electron chi connectivity index (χ0n) is 9.92. The van der Waals surface area contributed by atoms with Gasteiger partial charge in [-0.15, -0.1) is 0 Å². The van der Waals surface area contributed by atoms with Gasteiger partial charge in [0.05, 0.1) is 0 Å². The van der Waals surface area contributed by atoms with E-state index in [1.807, 2.05) is 0 Å². The molecule has 0 amide bonds. The Labute approximate surface area is 88.5 Å². The Balaban J connectivity index is 2.28. The Kier molecular flexibility index (Phi) is 5.45. The van der Waals surface area contributed by atoms with Crippen molar-refractivity contribution in [2.24, 2.45) is 0 Å². The fourth-order valence-corrected chi connectivity index (χ4v) is 2.10. The van der Waals surface area contributed by atoms with Gasteiger partial charge in [-0.3, -0.25) is 4.90 Å². The van der Waals surface area contributed by atoms with Gasteiger partial charge in [0.15, 0.2) is 0 Å². The van der Waals surface area contributed by atoms with Gasteiger partial charge in [0.2, 0.25) is 0 Å². The van der Waals surface area contributed by atoms with Crippen molar-refractivity contribution in [2.45, 2.75) is 25.8 Å². The third-order valence-corrected chi connectivity index (χ3v) is 3.05. The van der Waals surface area contributed by atoms with Crippen LogP contribution in [0.15, 0.2) is 0 Å². The highest BCUT2D eigenvalue weighted by molar-refractivity contribution is 4.76. The van der Waals surface area contributed by atoms with Crippen molar-refractivity contribution in [3.8, 4) is 0 Å². The second-order valence-corrected chi connectivity index (χ2v) is 4.44. The van der Waals surface area contributed by atoms with E-state index < -0.39 is 0 Å². The summed E-state index contributed by atoms with van der Waals surface area (Å²) in [6.07, 6.45) is 2.59. The molecule has 0 bridgehead atoms. The largest absolute Gasteiger partial charge is 0.314 e. The van der Waals surface area contributed by atoms with Gasteiger partial charge in [-0.05, 0) is 33.5 Å². The lowest BCUT2D eigenvalue weighted by Gasteiger charge is -2.35. The average Bonchev–Trinajstić information content (AvgIpc) is 2.20. The molecular weight excluding hydrogens is 174 g/mol. The standard InChI is InChI=1S/C11H25N3/c1-4-11(5-8-13(2)3)14-9-6-12-7-10-14/h11-12H,4-10H2,1-3H3. The maximum Gasteiger partial charge on any atom is 0.0110 e. The summed E-state index contributed by atoms with van der Waals surface area (Å²) in [5.74, 6) is 0. The van der Waals surface area contributed by atoms with Crippen LogP contribution in [0.1, 0.15) is 19.8 Å². The number of nitrogens with one attached hydrogen (secondary N) is 1. The second-order valence-electron chi connectivity index (χ2n) is 4.44. The van der Waals surface area contributed by atoms with Crippen molar-refractivity contribution in [3.63, 3.8) is 0 Å². The molecule has 1 aliphatic heterocycles. The Morgan fingerprint density at radius 1 is 1.29 bits per heavy atom. The van der Waals surface area contributed by atoms with Gasteiger partial charge in [0.1, 0.15) is 0 Å². The van der Waals surface area contributed by atoms with E-state index in [0.717, 1.165) is 6.04 Å². The molecule has 1 heterocycles. The van der Waals surface area contributed by atoms with Crippen LogP contribution < -0.4 is 5.32 Å². The maximum atomic E-state index is 3.41. The lowest BCUT2D eigenvalue weighted by Crippen LogP contribution is -2.48. The highest BCUT2D eigenvalue weighted by Crippen LogP contribution is 2.09. The molecule has 0 aromatic carbocycles. The quantitative estimate of drug-likeness (QED) is 0.700. The van der Waals surface area contributed by atoms with E-state index in [2.05, 4.69) is 36.1 Å². The molecule has 1 unspecified atom stereocenters. The molecule has 1 N–H and O–H groups in total. The molecule has 0 radical (unpaired) electrons. The Morgan fingerprint density at radius 3 is 2.43 bits per heavy atom. The zero-order valence-corrected chi connectivity index (χ0v) is 9.92. The van der Waals surface area contributed by atoms with Gasteiger partial charge in [-0.2, -0.15) is 0 Å². The van der Waals surface area contributed by atoms with Crippen LogP contribution in [-0.2, 0) is 0 Å². The predicted octanol–water partition coefficient (Wildman–Crippen LogP) is 0.622. The number of rotatable bonds is 5. The molecule has 3 nitrogen and oxygen atoms in total. The first-order chi connectivity index (χ1) is 6.74. The topological polar surface area (TPSA) is 18.5 Å². The average molecular weight is 199 g/mol. The summed E-state index contributed by atoms with van der Waals surface area (Å²) in [4.78, 5) is 4.92. The number of nitrogens with zero attached hydrogens (tertiary/aromatic N) is 2. The lowest BCUT2D eigenvalue weighted by atomic mass is 10.1. The van der Waals surface area contributed by atoms with Crippen LogP contribution >= 0.6 is 0 Å². The van der Waals surface area contributed by atoms with E-state index in [-0.39, 0.29) is 0 Å². The van der Waals surface area contributed by atoms with Crippen LogP contribution in [0.2, 0.25) is 0 Å². The fourth-order valence-electron chi connectivity index (χ4n) is 2.10. The van der Waals surface area contributed by atoms with Crippen LogP contribution in [0.4, 0.5) is 0 Å². The minimum atomic E-state index is 0.791. The SMILES string of the molecule is CCC(CCN(C)C)N1CCNCC1. The molecule has 1 rings (SSSR count). The molecule has 0 saturated carbocycles. The van der Waals surface area contributed by atoms with E-state index in [1.54, 1.807) is 0 Å². The molecule has 0 aromatic heterocycles. The molecule has 1 fully saturated rings. The molecule has 0 aromatic rings. The minimum absolute atomic E-state index is 0.791. The molecule has 14 heavy (non-hydrogen) atoms. The van der Waals surface area contributed by atoms with Crippen LogP contribution in [0.3, 0.4) is 0 Å². The van der Waals surface area contributed by atoms with Gasteiger partial charge in [0.25, 0.3) is 0 Å². The lowest BCUT2D eigenvalue weighted by molar-refractivity contribution is 0.152. The van der Waals surface area contributed by atoms with Crippen LogP contribution in [0.25, 0.3) is 0 Å². The summed E-state index contributed by atoms with van der Waals surface area (Å²) in [5.41, 5.74) is 0. The fraction of sp³-hybridized carbons (Fsp3) is 1.00. The van der Waals surface area contributed by atoms with Crippen molar-refractivity contribution in [2.75, 3.05) is 46.8 Å². The molecule has 0 aliphatic carbocycles. The zero-order chi connectivity index (χ0) is 10.4. The Hall–Kier alpha value is -0.120. The Morgan fingerprint density at radius 2 is 1.93 bits per heavy atom. The first-order valence-corrected chi connectivity index (χ1v) is 5.83. The minimum Gasteiger partial charge on any atom is -0.314 e. The summed E-state index contributed by atoms with van der Waals surface area (Å²) in [5, 5.41) is 3.41. The van der Waals surface area contributed by atoms with E-state index in [0.29, 0.717) is 0 Å². The summed E-state index contributed by atoms with van der Waals surface area (Å²) in [7, 11) is 4.31. The van der Waals surface area contributed by atoms with E-state index in [1.165, 1.54) is 45.6 Å². The first-order valence-electron chi connectivity index (χ1n) is 5.83. The Bertz CT molecular complexity index is 141. The summed E-state index contributed by atoms with van der Waals surface area (Å²) in [6.45, 7) is 8.31. The molecule has 3 heteroatoms. The van der Waals surface area contributed by atoms with Gasteiger partial charge >= 0.3 is 0 Å². The van der Waals surface area contributed by atoms with Crippen molar-refractivity contribution >= 4 is 0 Å². The third-order valence-electron chi connectivity index (χ3n) is 3.05. The van der Waals surface area contributed by atoms with Gasteiger partial charge in [0, 0.05) is 32.2 Å². The molecule has 84 valence electrons. The smallest absolute Gasteiger partial charge is 0.0110 e. The number of hydrogen-bond donors (Lipinski definition) is 1. The highest BCUT2D eigenvalue weighted by Gasteiger charge is 2.18. The van der Waals surface area contributed by atoms with Crippen molar-refractivity contribution < 1.29 is 0 Å². The molecule has 0 spiro atoms. The second kappa shape index (κ2) is 6.38. The maximum absolute atomic E-state index is 3.41. The summed E-state index contributed by atoms with van der Waals surface area (Å²) < 4.78 is 0. The molecule has 1 aliphatic rings.